The molecule has 2 aromatic rings. The first-order chi connectivity index (χ1) is 57.6. The van der Waals surface area contributed by atoms with Gasteiger partial charge in [0.25, 0.3) is 0 Å². The smallest absolute Gasteiger partial charge is 0.795 e. The van der Waals surface area contributed by atoms with Crippen molar-refractivity contribution in [2.24, 2.45) is 67.5 Å². The Labute approximate surface area is 934 Å². The molecule has 0 spiro atoms. The van der Waals surface area contributed by atoms with Crippen LogP contribution >= 0.6 is 0 Å². The molecule has 3 rings (SSSR count). The molecule has 0 aliphatic heterocycles. The van der Waals surface area contributed by atoms with Crippen molar-refractivity contribution >= 4 is 83.5 Å². The minimum absolute atomic E-state index is 0. The van der Waals surface area contributed by atoms with Crippen LogP contribution in [0.2, 0.25) is 0 Å². The molecule has 0 heterocycles. The van der Waals surface area contributed by atoms with E-state index in [1.807, 2.05) is 140 Å². The molecular formula is C105H195N9O17Pt6S. The normalized spacial score (nSPS) is 14.2. The summed E-state index contributed by atoms with van der Waals surface area (Å²) in [5, 5.41) is 67.1. The molecule has 2 aromatic carbocycles. The fourth-order valence-electron chi connectivity index (χ4n) is 8.83. The second-order valence-corrected chi connectivity index (χ2v) is 48.7. The zero-order valence-electron chi connectivity index (χ0n) is 92.7. The summed E-state index contributed by atoms with van der Waals surface area (Å²) >= 11 is 4.86. The number of hydrogen-bond donors (Lipinski definition) is 10. The van der Waals surface area contributed by atoms with Gasteiger partial charge in [0.2, 0.25) is 17.7 Å². The number of carbonyl (C=O) groups excluding carboxylic acids is 3. The van der Waals surface area contributed by atoms with Gasteiger partial charge in [-0.25, -0.2) is 30.7 Å². The van der Waals surface area contributed by atoms with Gasteiger partial charge in [-0.2, -0.15) is 53.3 Å². The number of nitrogens with one attached hydrogen (secondary N) is 9. The fourth-order valence-corrected chi connectivity index (χ4v) is 9.33. The number of amides is 3. The molecule has 26 nitrogen and oxygen atoms in total. The van der Waals surface area contributed by atoms with E-state index < -0.39 is 64.5 Å². The van der Waals surface area contributed by atoms with Crippen molar-refractivity contribution in [1.29, 1.82) is 0 Å². The van der Waals surface area contributed by atoms with Gasteiger partial charge in [0.05, 0.1) is 43.9 Å². The molecule has 7 atom stereocenters. The van der Waals surface area contributed by atoms with Gasteiger partial charge < -0.3 is 133 Å². The molecule has 828 valence electrons. The Balaban J connectivity index is -0.0000000767. The molecule has 0 saturated heterocycles. The Hall–Kier alpha value is -3.20. The van der Waals surface area contributed by atoms with E-state index in [2.05, 4.69) is 210 Å². The third kappa shape index (κ3) is 141. The summed E-state index contributed by atoms with van der Waals surface area (Å²) < 4.78 is 0. The molecule has 0 radical (unpaired) electrons. The Morgan fingerprint density at radius 3 is 0.746 bits per heavy atom. The van der Waals surface area contributed by atoms with Crippen molar-refractivity contribution in [1.82, 2.24) is 16.0 Å². The first kappa shape index (κ1) is 174. The van der Waals surface area contributed by atoms with Crippen LogP contribution in [0.25, 0.3) is 34.4 Å². The molecule has 1 saturated carbocycles. The quantitative estimate of drug-likeness (QED) is 0.0519. The first-order valence-corrected chi connectivity index (χ1v) is 45.7. The van der Waals surface area contributed by atoms with Crippen LogP contribution in [0.4, 0.5) is 11.4 Å². The van der Waals surface area contributed by atoms with Crippen LogP contribution in [-0.4, -0.2) is 141 Å². The van der Waals surface area contributed by atoms with Crippen molar-refractivity contribution in [3.63, 3.8) is 0 Å². The molecule has 1 fully saturated rings. The standard InChI is InChI=1S/C11H21N.2C11H15N.3C8H15NO3.2C8H14O4.C7H15N.C7H15S.2C5H11.2C4H10N.6Pt/c3*1-8-7-9(11(2,3)4)5-6-10(8)12;3*1-8(2,3)9-6(10)4-5-7(11)12;2*1-8(2,3)5(7(11)12)4-6(9)10;1-5-6(8)7(2,3)4;1-6(5-8)7(2,3)4;2*1-5(2,3)4;2*1-4(2,3)5;;;;;;/h8-10,12H,1,5-7H2,2-4H3;2*5-7,12H,1H2,2-4H3;3*4-5H2,1-3H3,(H,9,10)(H,11,12);2*5H,4H2,1-3H3,(H,9,10)(H,11,12);2*6,8H,1,5H2,2-4H3;2*1H2,2-4H3;2*5H,1-3H3;;;;;;/q3*-2;;;;;;-2;5*-1;5*+2;+4/p-1. The van der Waals surface area contributed by atoms with E-state index in [-0.39, 0.29) is 262 Å². The molecular weight excluding hydrogens is 2860 g/mol. The summed E-state index contributed by atoms with van der Waals surface area (Å²) in [5.41, 5.74) is 48.3. The summed E-state index contributed by atoms with van der Waals surface area (Å²) in [7, 11) is 0. The summed E-state index contributed by atoms with van der Waals surface area (Å²) in [4.78, 5) is 105. The number of carboxylic acids is 7. The number of carbonyl (C=O) groups is 10. The zero-order valence-corrected chi connectivity index (χ0v) is 107. The monoisotopic (exact) mass is 3060 g/mol. The minimum Gasteiger partial charge on any atom is -0.795 e. The molecule has 1 aliphatic rings. The maximum atomic E-state index is 11.0. The topological polar surface area (TPSA) is 491 Å². The van der Waals surface area contributed by atoms with Gasteiger partial charge in [0, 0.05) is 35.9 Å². The zero-order chi connectivity index (χ0) is 109. The second-order valence-electron chi connectivity index (χ2n) is 48.3. The van der Waals surface area contributed by atoms with Gasteiger partial charge in [-0.3, -0.25) is 59.3 Å². The van der Waals surface area contributed by atoms with Crippen LogP contribution in [0.5, 0.6) is 0 Å². The molecule has 16 N–H and O–H groups in total. The van der Waals surface area contributed by atoms with Gasteiger partial charge >= 0.3 is 168 Å². The van der Waals surface area contributed by atoms with Crippen LogP contribution in [-0.2, 0) is 198 Å². The van der Waals surface area contributed by atoms with Gasteiger partial charge in [-0.15, -0.1) is 23.2 Å². The van der Waals surface area contributed by atoms with Crippen molar-refractivity contribution in [3.05, 3.63) is 142 Å². The van der Waals surface area contributed by atoms with Crippen molar-refractivity contribution in [2.75, 3.05) is 5.75 Å². The molecule has 7 unspecified atom stereocenters. The van der Waals surface area contributed by atoms with Gasteiger partial charge in [-0.05, 0) is 95.3 Å². The van der Waals surface area contributed by atoms with Gasteiger partial charge in [0.1, 0.15) is 0 Å². The maximum Gasteiger partial charge on any atom is 4.00 e. The van der Waals surface area contributed by atoms with E-state index in [0.717, 1.165) is 35.6 Å². The van der Waals surface area contributed by atoms with Crippen LogP contribution in [0.15, 0.2) is 36.4 Å². The third-order valence-corrected chi connectivity index (χ3v) is 17.0. The van der Waals surface area contributed by atoms with Crippen molar-refractivity contribution in [3.8, 4) is 0 Å². The molecule has 1 aliphatic carbocycles. The first-order valence-electron chi connectivity index (χ1n) is 45.1. The van der Waals surface area contributed by atoms with Crippen LogP contribution in [0.1, 0.15) is 390 Å². The summed E-state index contributed by atoms with van der Waals surface area (Å²) in [6.07, 6.45) is 3.32. The summed E-state index contributed by atoms with van der Waals surface area (Å²) in [6, 6.07) is 11.7. The van der Waals surface area contributed by atoms with Crippen molar-refractivity contribution < 1.29 is 210 Å². The van der Waals surface area contributed by atoms with Crippen LogP contribution < -0.4 is 16.0 Å². The fraction of sp³-hybridized carbons (Fsp3) is 0.724. The van der Waals surface area contributed by atoms with Crippen LogP contribution in [0, 0.1) is 116 Å². The number of rotatable bonds is 17. The SMILES string of the molecule is CC(C)(C)C(CC(=O)O)C(=O)O.CC(C)(C)C(CC(=O)O)C(=O)O.CC(C)(C)NC(=O)CCC(=O)O.CC(C)(C)NC(=O)CCC(=O)O.CC(C)(C)NC(=O)CCC(=O)O.CC(C)(C)[NH-].CC(C)(C)[NH-].[CH2-]C(C)(C)C.[CH2-]C(C)(C)C.[CH2-]C(C[S-])C(C)(C)C.[CH2-]C1CC(C(C)(C)C)CCC1[NH-].[CH2-]CC([NH-])C(C)(C)C.[CH2-]c1cc(C(C)(C)C)ccc1[NH-].[CH2-]c1cc(C(C)(C)C)ccc1[NH-].[Pt+2].[Pt+2].[Pt+2].[Pt+2].[Pt+2].[Pt+4]. The Bertz CT molecular complexity index is 3270. The minimum atomic E-state index is -1.07. The predicted octanol–water partition coefficient (Wildman–Crippen LogP) is 28.2. The molecule has 0 aromatic heterocycles. The second kappa shape index (κ2) is 79.9. The molecule has 33 heteroatoms. The van der Waals surface area contributed by atoms with E-state index in [1.54, 1.807) is 41.5 Å². The summed E-state index contributed by atoms with van der Waals surface area (Å²) in [6.45, 7) is 110. The maximum absolute atomic E-state index is 11.0. The number of benzene rings is 2. The third-order valence-electron chi connectivity index (χ3n) is 16.6. The average Bonchev–Trinajstić information content (AvgIpc) is 0.813. The number of hydrogen-bond acceptors (Lipinski definition) is 11. The van der Waals surface area contributed by atoms with Gasteiger partial charge in [-0.1, -0.05) is 282 Å². The van der Waals surface area contributed by atoms with Gasteiger partial charge in [0.15, 0.2) is 0 Å². The Morgan fingerprint density at radius 1 is 0.413 bits per heavy atom. The van der Waals surface area contributed by atoms with E-state index in [9.17, 15) is 47.9 Å². The number of aliphatic carboxylic acids is 7. The summed E-state index contributed by atoms with van der Waals surface area (Å²) in [5.74, 6) is -7.06. The molecule has 3 amide bonds. The van der Waals surface area contributed by atoms with E-state index >= 15 is 0 Å². The van der Waals surface area contributed by atoms with E-state index in [4.69, 9.17) is 82.8 Å². The Kier molecular flexibility index (Phi) is 101. The Morgan fingerprint density at radius 2 is 0.638 bits per heavy atom. The molecule has 0 bridgehead atoms. The van der Waals surface area contributed by atoms with Crippen molar-refractivity contribution in [2.45, 2.75) is 418 Å². The largest absolute Gasteiger partial charge is 4.00 e. The predicted molar refractivity (Wildman–Crippen MR) is 557 cm³/mol. The average molecular weight is 3060 g/mol. The van der Waals surface area contributed by atoms with Crippen LogP contribution in [0.3, 0.4) is 0 Å². The number of carboxylic acid groups (broad SMARTS) is 7. The van der Waals surface area contributed by atoms with E-state index in [0.29, 0.717) is 40.5 Å². The van der Waals surface area contributed by atoms with E-state index in [1.165, 1.54) is 17.5 Å². The molecule has 138 heavy (non-hydrogen) atoms.